The Bertz CT molecular complexity index is 767. The molecule has 1 aromatic carbocycles. The summed E-state index contributed by atoms with van der Waals surface area (Å²) in [4.78, 5) is 17.9. The summed E-state index contributed by atoms with van der Waals surface area (Å²) in [5.41, 5.74) is 1.01. The van der Waals surface area contributed by atoms with E-state index in [0.29, 0.717) is 36.5 Å². The van der Waals surface area contributed by atoms with Gasteiger partial charge in [0.25, 0.3) is 5.91 Å². The zero-order valence-electron chi connectivity index (χ0n) is 13.7. The van der Waals surface area contributed by atoms with E-state index in [1.807, 2.05) is 11.8 Å². The highest BCUT2D eigenvalue weighted by atomic mass is 19.2. The number of amides is 1. The summed E-state index contributed by atoms with van der Waals surface area (Å²) in [7, 11) is 0. The fourth-order valence-electron chi connectivity index (χ4n) is 3.06. The number of halogens is 2. The van der Waals surface area contributed by atoms with Gasteiger partial charge in [-0.2, -0.15) is 0 Å². The Hall–Kier alpha value is -2.54. The highest BCUT2D eigenvalue weighted by molar-refractivity contribution is 5.94. The second-order valence-corrected chi connectivity index (χ2v) is 6.00. The minimum Gasteiger partial charge on any atom is -0.391 e. The normalized spacial score (nSPS) is 19.9. The molecular formula is C18H19F2N3O2. The predicted octanol–water partition coefficient (Wildman–Crippen LogP) is 2.42. The molecule has 2 atom stereocenters. The molecule has 132 valence electrons. The van der Waals surface area contributed by atoms with Crippen LogP contribution in [0.15, 0.2) is 36.5 Å². The van der Waals surface area contributed by atoms with Gasteiger partial charge in [0.2, 0.25) is 0 Å². The van der Waals surface area contributed by atoms with Crippen molar-refractivity contribution in [1.82, 2.24) is 10.3 Å². The van der Waals surface area contributed by atoms with Gasteiger partial charge in [-0.15, -0.1) is 0 Å². The molecule has 3 rings (SSSR count). The number of anilines is 1. The molecule has 1 aromatic heterocycles. The van der Waals surface area contributed by atoms with E-state index in [-0.39, 0.29) is 11.9 Å². The molecule has 2 heterocycles. The van der Waals surface area contributed by atoms with Crippen LogP contribution in [-0.2, 0) is 0 Å². The van der Waals surface area contributed by atoms with Gasteiger partial charge in [0, 0.05) is 19.3 Å². The van der Waals surface area contributed by atoms with Crippen molar-refractivity contribution in [2.45, 2.75) is 25.5 Å². The summed E-state index contributed by atoms with van der Waals surface area (Å²) < 4.78 is 26.7. The fraction of sp³-hybridized carbons (Fsp3) is 0.333. The molecule has 1 aliphatic heterocycles. The summed E-state index contributed by atoms with van der Waals surface area (Å²) in [6.07, 6.45) is 1.26. The number of aromatic nitrogens is 1. The van der Waals surface area contributed by atoms with Crippen LogP contribution in [0.3, 0.4) is 0 Å². The molecule has 1 saturated heterocycles. The van der Waals surface area contributed by atoms with Crippen molar-refractivity contribution >= 4 is 11.7 Å². The first-order valence-electron chi connectivity index (χ1n) is 8.13. The Morgan fingerprint density at radius 1 is 1.32 bits per heavy atom. The lowest BCUT2D eigenvalue weighted by Crippen LogP contribution is -2.26. The number of β-amino-alcohol motifs (C(OH)–C–C–N with tert-alkyl or cyclic N) is 1. The van der Waals surface area contributed by atoms with Gasteiger partial charge < -0.3 is 15.3 Å². The number of rotatable bonds is 4. The second kappa shape index (κ2) is 7.14. The molecule has 1 amide bonds. The van der Waals surface area contributed by atoms with E-state index < -0.39 is 17.7 Å². The lowest BCUT2D eigenvalue weighted by molar-refractivity contribution is 0.0955. The number of nitrogens with zero attached hydrogens (tertiary/aromatic N) is 2. The van der Waals surface area contributed by atoms with E-state index in [4.69, 9.17) is 0 Å². The molecule has 1 aliphatic rings. The molecule has 2 aromatic rings. The molecular weight excluding hydrogens is 328 g/mol. The Balaban J connectivity index is 1.86. The number of carbonyl (C=O) groups is 1. The number of aliphatic hydroxyl groups excluding tert-OH is 1. The standard InChI is InChI=1S/C18H19F2N3O2/c1-2-21-18(25)12-4-6-17(22-9-12)23-10-13(24)8-16(23)11-3-5-14(19)15(20)7-11/h3-7,9,13,16,24H,2,8,10H2,1H3,(H,21,25). The van der Waals surface area contributed by atoms with Crippen LogP contribution in [0.1, 0.15) is 35.3 Å². The first-order valence-corrected chi connectivity index (χ1v) is 8.13. The van der Waals surface area contributed by atoms with Gasteiger partial charge in [-0.1, -0.05) is 6.07 Å². The molecule has 0 radical (unpaired) electrons. The monoisotopic (exact) mass is 347 g/mol. The summed E-state index contributed by atoms with van der Waals surface area (Å²) in [6, 6.07) is 6.77. The smallest absolute Gasteiger partial charge is 0.252 e. The van der Waals surface area contributed by atoms with Crippen LogP contribution in [0.2, 0.25) is 0 Å². The van der Waals surface area contributed by atoms with Gasteiger partial charge >= 0.3 is 0 Å². The number of nitrogens with one attached hydrogen (secondary N) is 1. The van der Waals surface area contributed by atoms with Crippen LogP contribution < -0.4 is 10.2 Å². The SMILES string of the molecule is CCNC(=O)c1ccc(N2CC(O)CC2c2ccc(F)c(F)c2)nc1. The minimum atomic E-state index is -0.918. The molecule has 2 N–H and O–H groups in total. The minimum absolute atomic E-state index is 0.208. The molecule has 0 saturated carbocycles. The third-order valence-corrected chi connectivity index (χ3v) is 4.25. The van der Waals surface area contributed by atoms with E-state index in [0.717, 1.165) is 12.1 Å². The third-order valence-electron chi connectivity index (χ3n) is 4.25. The van der Waals surface area contributed by atoms with E-state index in [9.17, 15) is 18.7 Å². The average Bonchev–Trinajstić information content (AvgIpc) is 2.99. The Morgan fingerprint density at radius 3 is 2.76 bits per heavy atom. The average molecular weight is 347 g/mol. The highest BCUT2D eigenvalue weighted by Crippen LogP contribution is 2.35. The van der Waals surface area contributed by atoms with Crippen LogP contribution in [0.4, 0.5) is 14.6 Å². The van der Waals surface area contributed by atoms with Crippen LogP contribution in [0.25, 0.3) is 0 Å². The molecule has 25 heavy (non-hydrogen) atoms. The van der Waals surface area contributed by atoms with Gasteiger partial charge in [0.15, 0.2) is 11.6 Å². The molecule has 1 fully saturated rings. The molecule has 0 aliphatic carbocycles. The summed E-state index contributed by atoms with van der Waals surface area (Å²) >= 11 is 0. The van der Waals surface area contributed by atoms with Crippen LogP contribution in [-0.4, -0.2) is 35.2 Å². The van der Waals surface area contributed by atoms with E-state index in [1.54, 1.807) is 12.1 Å². The molecule has 5 nitrogen and oxygen atoms in total. The molecule has 2 unspecified atom stereocenters. The van der Waals surface area contributed by atoms with Crippen molar-refractivity contribution < 1.29 is 18.7 Å². The fourth-order valence-corrected chi connectivity index (χ4v) is 3.06. The number of hydrogen-bond donors (Lipinski definition) is 2. The maximum absolute atomic E-state index is 13.6. The number of aliphatic hydroxyl groups is 1. The van der Waals surface area contributed by atoms with Gasteiger partial charge in [0.1, 0.15) is 5.82 Å². The lowest BCUT2D eigenvalue weighted by atomic mass is 10.0. The molecule has 7 heteroatoms. The Labute approximate surface area is 144 Å². The highest BCUT2D eigenvalue weighted by Gasteiger charge is 2.33. The summed E-state index contributed by atoms with van der Waals surface area (Å²) in [6.45, 7) is 2.69. The number of hydrogen-bond acceptors (Lipinski definition) is 4. The zero-order chi connectivity index (χ0) is 18.0. The summed E-state index contributed by atoms with van der Waals surface area (Å²) in [5, 5.41) is 12.7. The zero-order valence-corrected chi connectivity index (χ0v) is 13.7. The Kier molecular flexibility index (Phi) is 4.94. The van der Waals surface area contributed by atoms with Crippen molar-refractivity contribution in [2.75, 3.05) is 18.0 Å². The first kappa shape index (κ1) is 17.3. The van der Waals surface area contributed by atoms with Crippen LogP contribution in [0.5, 0.6) is 0 Å². The van der Waals surface area contributed by atoms with Crippen molar-refractivity contribution in [3.63, 3.8) is 0 Å². The van der Waals surface area contributed by atoms with Gasteiger partial charge in [-0.3, -0.25) is 4.79 Å². The number of pyridine rings is 1. The van der Waals surface area contributed by atoms with Crippen molar-refractivity contribution in [2.24, 2.45) is 0 Å². The van der Waals surface area contributed by atoms with Gasteiger partial charge in [-0.25, -0.2) is 13.8 Å². The number of benzene rings is 1. The van der Waals surface area contributed by atoms with E-state index in [1.165, 1.54) is 12.3 Å². The summed E-state index contributed by atoms with van der Waals surface area (Å²) in [5.74, 6) is -1.46. The van der Waals surface area contributed by atoms with E-state index >= 15 is 0 Å². The maximum Gasteiger partial charge on any atom is 0.252 e. The number of carbonyl (C=O) groups excluding carboxylic acids is 1. The lowest BCUT2D eigenvalue weighted by Gasteiger charge is -2.26. The van der Waals surface area contributed by atoms with Gasteiger partial charge in [-0.05, 0) is 43.2 Å². The maximum atomic E-state index is 13.6. The Morgan fingerprint density at radius 2 is 2.12 bits per heavy atom. The predicted molar refractivity (Wildman–Crippen MR) is 89.3 cm³/mol. The van der Waals surface area contributed by atoms with Crippen molar-refractivity contribution in [1.29, 1.82) is 0 Å². The largest absolute Gasteiger partial charge is 0.391 e. The van der Waals surface area contributed by atoms with E-state index in [2.05, 4.69) is 10.3 Å². The van der Waals surface area contributed by atoms with Crippen molar-refractivity contribution in [3.8, 4) is 0 Å². The topological polar surface area (TPSA) is 65.5 Å². The first-order chi connectivity index (χ1) is 12.0. The van der Waals surface area contributed by atoms with Crippen LogP contribution >= 0.6 is 0 Å². The van der Waals surface area contributed by atoms with Gasteiger partial charge in [0.05, 0.1) is 17.7 Å². The molecule has 0 bridgehead atoms. The van der Waals surface area contributed by atoms with Crippen LogP contribution in [0, 0.1) is 11.6 Å². The quantitative estimate of drug-likeness (QED) is 0.892. The third kappa shape index (κ3) is 3.61. The second-order valence-electron chi connectivity index (χ2n) is 6.00. The molecule has 0 spiro atoms. The van der Waals surface area contributed by atoms with Crippen molar-refractivity contribution in [3.05, 3.63) is 59.3 Å².